The molecule has 1 saturated carbocycles. The monoisotopic (exact) mass is 424 g/mol. The number of halogens is 1. The molecule has 2 aliphatic carbocycles. The van der Waals surface area contributed by atoms with Gasteiger partial charge in [-0.2, -0.15) is 0 Å². The zero-order valence-corrected chi connectivity index (χ0v) is 17.5. The molecule has 1 fully saturated rings. The van der Waals surface area contributed by atoms with E-state index in [9.17, 15) is 9.18 Å². The normalized spacial score (nSPS) is 21.3. The summed E-state index contributed by atoms with van der Waals surface area (Å²) < 4.78 is 14.7. The van der Waals surface area contributed by atoms with Crippen LogP contribution in [-0.4, -0.2) is 28.0 Å². The maximum Gasteiger partial charge on any atom is 0.252 e. The van der Waals surface area contributed by atoms with Crippen molar-refractivity contribution in [2.45, 2.75) is 63.5 Å². The Hall–Kier alpha value is -3.00. The van der Waals surface area contributed by atoms with E-state index in [1.807, 2.05) is 12.3 Å². The van der Waals surface area contributed by atoms with E-state index in [2.05, 4.69) is 26.7 Å². The zero-order valence-electron chi connectivity index (χ0n) is 17.5. The second-order valence-electron chi connectivity index (χ2n) is 8.34. The summed E-state index contributed by atoms with van der Waals surface area (Å²) >= 11 is 0. The largest absolute Gasteiger partial charge is 0.365 e. The fourth-order valence-corrected chi connectivity index (χ4v) is 4.31. The number of carbonyl (C=O) groups is 1. The molecule has 0 aliphatic heterocycles. The highest BCUT2D eigenvalue weighted by atomic mass is 19.1. The van der Waals surface area contributed by atoms with Crippen LogP contribution in [0.15, 0.2) is 30.6 Å². The van der Waals surface area contributed by atoms with Gasteiger partial charge in [-0.3, -0.25) is 9.78 Å². The van der Waals surface area contributed by atoms with Gasteiger partial charge in [-0.1, -0.05) is 18.9 Å². The molecule has 6 N–H and O–H groups in total. The first-order chi connectivity index (χ1) is 15.0. The van der Waals surface area contributed by atoms with Crippen molar-refractivity contribution in [2.24, 2.45) is 11.5 Å². The maximum absolute atomic E-state index is 14.7. The highest BCUT2D eigenvalue weighted by Crippen LogP contribution is 2.30. The number of nitrogens with zero attached hydrogens (tertiary/aromatic N) is 2. The van der Waals surface area contributed by atoms with Gasteiger partial charge >= 0.3 is 0 Å². The molecule has 0 spiro atoms. The van der Waals surface area contributed by atoms with Crippen LogP contribution in [0, 0.1) is 5.82 Å². The fraction of sp³-hybridized carbons (Fsp3) is 0.435. The Morgan fingerprint density at radius 3 is 2.68 bits per heavy atom. The van der Waals surface area contributed by atoms with Crippen LogP contribution in [0.1, 0.15) is 67.3 Å². The number of anilines is 3. The molecule has 2 atom stereocenters. The molecule has 2 aliphatic rings. The second kappa shape index (κ2) is 9.43. The van der Waals surface area contributed by atoms with Crippen molar-refractivity contribution < 1.29 is 9.18 Å². The van der Waals surface area contributed by atoms with E-state index in [1.165, 1.54) is 12.0 Å². The summed E-state index contributed by atoms with van der Waals surface area (Å²) in [5, 5.41) is 6.24. The molecule has 8 heteroatoms. The molecule has 2 aromatic heterocycles. The first kappa shape index (κ1) is 21.2. The van der Waals surface area contributed by atoms with Gasteiger partial charge in [0.05, 0.1) is 17.4 Å². The number of aromatic nitrogens is 2. The summed E-state index contributed by atoms with van der Waals surface area (Å²) in [6, 6.07) is 2.96. The molecule has 2 unspecified atom stereocenters. The van der Waals surface area contributed by atoms with Crippen molar-refractivity contribution >= 4 is 28.8 Å². The van der Waals surface area contributed by atoms with Crippen molar-refractivity contribution in [3.05, 3.63) is 47.5 Å². The number of allylic oxidation sites excluding steroid dienone is 2. The average molecular weight is 425 g/mol. The number of nitrogens with one attached hydrogen (secondary N) is 2. The first-order valence-electron chi connectivity index (χ1n) is 10.9. The van der Waals surface area contributed by atoms with E-state index in [1.54, 1.807) is 6.20 Å². The molecule has 2 heterocycles. The van der Waals surface area contributed by atoms with E-state index < -0.39 is 11.7 Å². The van der Waals surface area contributed by atoms with Crippen molar-refractivity contribution in [3.8, 4) is 0 Å². The number of hydrogen-bond acceptors (Lipinski definition) is 6. The van der Waals surface area contributed by atoms with E-state index in [0.29, 0.717) is 5.69 Å². The zero-order chi connectivity index (χ0) is 21.8. The van der Waals surface area contributed by atoms with Crippen molar-refractivity contribution in [1.29, 1.82) is 0 Å². The number of nitrogens with two attached hydrogens (primary N) is 2. The van der Waals surface area contributed by atoms with Crippen LogP contribution in [0.2, 0.25) is 0 Å². The Morgan fingerprint density at radius 2 is 1.94 bits per heavy atom. The Balaban J connectivity index is 1.62. The van der Waals surface area contributed by atoms with Gasteiger partial charge in [-0.15, -0.1) is 0 Å². The first-order valence-corrected chi connectivity index (χ1v) is 10.9. The van der Waals surface area contributed by atoms with Crippen LogP contribution in [0.5, 0.6) is 0 Å². The fourth-order valence-electron chi connectivity index (χ4n) is 4.31. The number of primary amides is 1. The van der Waals surface area contributed by atoms with Crippen LogP contribution in [0.3, 0.4) is 0 Å². The Kier molecular flexibility index (Phi) is 6.46. The standard InChI is InChI=1S/C23H29FN6O/c24-18-11-17(21(26)31)22(30-23(18)29-20-9-5-4-8-19(20)25)28-16-10-15(12-27-13-16)14-6-2-1-3-7-14/h6,10-13,19-20H,1-5,7-9,25H2,(H2,26,31)(H2,28,29,30). The predicted octanol–water partition coefficient (Wildman–Crippen LogP) is 4.10. The van der Waals surface area contributed by atoms with Crippen LogP contribution in [0.4, 0.5) is 21.7 Å². The van der Waals surface area contributed by atoms with Crippen molar-refractivity contribution in [2.75, 3.05) is 10.6 Å². The molecular weight excluding hydrogens is 395 g/mol. The third kappa shape index (κ3) is 5.02. The lowest BCUT2D eigenvalue weighted by atomic mass is 9.91. The van der Waals surface area contributed by atoms with E-state index in [0.717, 1.165) is 56.6 Å². The Labute approximate surface area is 181 Å². The van der Waals surface area contributed by atoms with Crippen molar-refractivity contribution in [3.63, 3.8) is 0 Å². The highest BCUT2D eigenvalue weighted by molar-refractivity contribution is 5.98. The van der Waals surface area contributed by atoms with E-state index >= 15 is 0 Å². The van der Waals surface area contributed by atoms with Gasteiger partial charge in [-0.25, -0.2) is 9.37 Å². The van der Waals surface area contributed by atoms with Crippen molar-refractivity contribution in [1.82, 2.24) is 9.97 Å². The van der Waals surface area contributed by atoms with Crippen LogP contribution in [-0.2, 0) is 0 Å². The molecule has 0 radical (unpaired) electrons. The van der Waals surface area contributed by atoms with Gasteiger partial charge in [-0.05, 0) is 61.8 Å². The van der Waals surface area contributed by atoms with Crippen LogP contribution < -0.4 is 22.1 Å². The molecule has 31 heavy (non-hydrogen) atoms. The number of hydrogen-bond donors (Lipinski definition) is 4. The number of pyridine rings is 2. The lowest BCUT2D eigenvalue weighted by molar-refractivity contribution is 0.100. The number of carbonyl (C=O) groups excluding carboxylic acids is 1. The molecule has 4 rings (SSSR count). The number of rotatable bonds is 6. The quantitative estimate of drug-likeness (QED) is 0.554. The summed E-state index contributed by atoms with van der Waals surface area (Å²) in [7, 11) is 0. The van der Waals surface area contributed by atoms with Crippen LogP contribution >= 0.6 is 0 Å². The minimum Gasteiger partial charge on any atom is -0.365 e. The molecule has 7 nitrogen and oxygen atoms in total. The third-order valence-corrected chi connectivity index (χ3v) is 6.05. The molecule has 164 valence electrons. The van der Waals surface area contributed by atoms with Gasteiger partial charge < -0.3 is 22.1 Å². The third-order valence-electron chi connectivity index (χ3n) is 6.05. The summed E-state index contributed by atoms with van der Waals surface area (Å²) in [6.45, 7) is 0. The lowest BCUT2D eigenvalue weighted by Crippen LogP contribution is -2.43. The SMILES string of the molecule is NC(=O)c1cc(F)c(NC2CCCCC2N)nc1Nc1cncc(C2=CCCCC2)c1. The summed E-state index contributed by atoms with van der Waals surface area (Å²) in [5.41, 5.74) is 14.6. The van der Waals surface area contributed by atoms with E-state index in [-0.39, 0.29) is 29.3 Å². The van der Waals surface area contributed by atoms with Gasteiger partial charge in [0.2, 0.25) is 0 Å². The molecule has 2 aromatic rings. The summed E-state index contributed by atoms with van der Waals surface area (Å²) in [5.74, 6) is -1.13. The van der Waals surface area contributed by atoms with Gasteiger partial charge in [0.25, 0.3) is 5.91 Å². The second-order valence-corrected chi connectivity index (χ2v) is 8.34. The van der Waals surface area contributed by atoms with Gasteiger partial charge in [0, 0.05) is 18.3 Å². The molecule has 0 aromatic carbocycles. The average Bonchev–Trinajstić information content (AvgIpc) is 2.78. The predicted molar refractivity (Wildman–Crippen MR) is 121 cm³/mol. The molecule has 0 saturated heterocycles. The van der Waals surface area contributed by atoms with Crippen LogP contribution in [0.25, 0.3) is 5.57 Å². The minimum absolute atomic E-state index is 0.0155. The lowest BCUT2D eigenvalue weighted by Gasteiger charge is -2.30. The van der Waals surface area contributed by atoms with E-state index in [4.69, 9.17) is 11.5 Å². The molecule has 1 amide bonds. The Bertz CT molecular complexity index is 992. The Morgan fingerprint density at radius 1 is 1.10 bits per heavy atom. The topological polar surface area (TPSA) is 119 Å². The minimum atomic E-state index is -0.756. The number of amides is 1. The summed E-state index contributed by atoms with van der Waals surface area (Å²) in [6.07, 6.45) is 14.0. The van der Waals surface area contributed by atoms with Gasteiger partial charge in [0.15, 0.2) is 11.6 Å². The highest BCUT2D eigenvalue weighted by Gasteiger charge is 2.24. The molecular formula is C23H29FN6O. The summed E-state index contributed by atoms with van der Waals surface area (Å²) in [4.78, 5) is 20.6. The maximum atomic E-state index is 14.7. The smallest absolute Gasteiger partial charge is 0.252 e. The molecule has 0 bridgehead atoms. The van der Waals surface area contributed by atoms with Gasteiger partial charge in [0.1, 0.15) is 5.82 Å².